The molecule has 1 aliphatic rings. The number of hydrogen-bond donors (Lipinski definition) is 0. The SMILES string of the molecule is Clc1ncnc2c1ncn2CCCC1(c2ccccc2)OCCO1. The van der Waals surface area contributed by atoms with Crippen LogP contribution < -0.4 is 0 Å². The van der Waals surface area contributed by atoms with Crippen LogP contribution in [0, 0.1) is 0 Å². The maximum atomic E-state index is 6.04. The van der Waals surface area contributed by atoms with Crippen LogP contribution in [0.25, 0.3) is 11.2 Å². The topological polar surface area (TPSA) is 62.1 Å². The molecular weight excluding hydrogens is 328 g/mol. The van der Waals surface area contributed by atoms with Gasteiger partial charge in [-0.25, -0.2) is 15.0 Å². The van der Waals surface area contributed by atoms with Gasteiger partial charge in [0.2, 0.25) is 0 Å². The van der Waals surface area contributed by atoms with E-state index in [-0.39, 0.29) is 0 Å². The molecule has 1 saturated heterocycles. The minimum atomic E-state index is -0.649. The van der Waals surface area contributed by atoms with Crippen LogP contribution >= 0.6 is 11.6 Å². The fraction of sp³-hybridized carbons (Fsp3) is 0.353. The summed E-state index contributed by atoms with van der Waals surface area (Å²) in [4.78, 5) is 12.5. The lowest BCUT2D eigenvalue weighted by atomic mass is 10.0. The van der Waals surface area contributed by atoms with Crippen molar-refractivity contribution in [3.8, 4) is 0 Å². The summed E-state index contributed by atoms with van der Waals surface area (Å²) in [5.41, 5.74) is 2.44. The summed E-state index contributed by atoms with van der Waals surface area (Å²) in [6.45, 7) is 1.99. The molecule has 7 heteroatoms. The highest BCUT2D eigenvalue weighted by atomic mass is 35.5. The Morgan fingerprint density at radius 2 is 1.88 bits per heavy atom. The molecule has 24 heavy (non-hydrogen) atoms. The van der Waals surface area contributed by atoms with Crippen molar-refractivity contribution in [1.29, 1.82) is 0 Å². The Hall–Kier alpha value is -2.02. The normalized spacial score (nSPS) is 16.7. The smallest absolute Gasteiger partial charge is 0.195 e. The fourth-order valence-electron chi connectivity index (χ4n) is 3.10. The standard InChI is InChI=1S/C17H17ClN4O2/c18-15-14-16(20-11-19-15)22(12-21-14)8-4-7-17(23-9-10-24-17)13-5-2-1-3-6-13/h1-3,5-6,11-12H,4,7-10H2. The second-order valence-electron chi connectivity index (χ2n) is 5.69. The van der Waals surface area contributed by atoms with Gasteiger partial charge in [0, 0.05) is 18.5 Å². The number of hydrogen-bond acceptors (Lipinski definition) is 5. The average molecular weight is 345 g/mol. The summed E-state index contributed by atoms with van der Waals surface area (Å²) in [6.07, 6.45) is 4.83. The summed E-state index contributed by atoms with van der Waals surface area (Å²) in [6, 6.07) is 10.1. The molecule has 1 fully saturated rings. The van der Waals surface area contributed by atoms with Crippen molar-refractivity contribution in [2.75, 3.05) is 13.2 Å². The Balaban J connectivity index is 1.50. The van der Waals surface area contributed by atoms with Crippen molar-refractivity contribution in [3.05, 3.63) is 53.7 Å². The predicted molar refractivity (Wildman–Crippen MR) is 89.6 cm³/mol. The number of aromatic nitrogens is 4. The molecule has 3 aromatic rings. The van der Waals surface area contributed by atoms with E-state index in [1.807, 2.05) is 34.9 Å². The molecule has 0 spiro atoms. The monoisotopic (exact) mass is 344 g/mol. The van der Waals surface area contributed by atoms with Gasteiger partial charge >= 0.3 is 0 Å². The van der Waals surface area contributed by atoms with Crippen LogP contribution in [-0.2, 0) is 21.8 Å². The van der Waals surface area contributed by atoms with E-state index >= 15 is 0 Å². The zero-order valence-corrected chi connectivity index (χ0v) is 13.8. The van der Waals surface area contributed by atoms with Crippen molar-refractivity contribution in [2.45, 2.75) is 25.2 Å². The summed E-state index contributed by atoms with van der Waals surface area (Å²) < 4.78 is 13.9. The predicted octanol–water partition coefficient (Wildman–Crippen LogP) is 3.16. The largest absolute Gasteiger partial charge is 0.343 e. The van der Waals surface area contributed by atoms with Gasteiger partial charge in [-0.2, -0.15) is 0 Å². The Kier molecular flexibility index (Phi) is 4.18. The number of nitrogens with zero attached hydrogens (tertiary/aromatic N) is 4. The molecule has 0 atom stereocenters. The minimum Gasteiger partial charge on any atom is -0.343 e. The minimum absolute atomic E-state index is 0.377. The first-order valence-electron chi connectivity index (χ1n) is 7.93. The van der Waals surface area contributed by atoms with Crippen LogP contribution in [0.5, 0.6) is 0 Å². The van der Waals surface area contributed by atoms with Crippen LogP contribution in [0.2, 0.25) is 5.15 Å². The Bertz CT molecular complexity index is 831. The zero-order chi connectivity index (χ0) is 16.4. The Morgan fingerprint density at radius 3 is 2.67 bits per heavy atom. The molecule has 0 saturated carbocycles. The van der Waals surface area contributed by atoms with Crippen molar-refractivity contribution < 1.29 is 9.47 Å². The van der Waals surface area contributed by atoms with Crippen molar-refractivity contribution in [1.82, 2.24) is 19.5 Å². The Morgan fingerprint density at radius 1 is 1.08 bits per heavy atom. The molecule has 0 radical (unpaired) electrons. The zero-order valence-electron chi connectivity index (χ0n) is 13.1. The first kappa shape index (κ1) is 15.5. The molecule has 0 amide bonds. The van der Waals surface area contributed by atoms with E-state index in [1.165, 1.54) is 6.33 Å². The van der Waals surface area contributed by atoms with Crippen molar-refractivity contribution in [2.24, 2.45) is 0 Å². The summed E-state index contributed by atoms with van der Waals surface area (Å²) in [5.74, 6) is -0.649. The molecule has 4 rings (SSSR count). The second kappa shape index (κ2) is 6.47. The van der Waals surface area contributed by atoms with Crippen LogP contribution in [0.15, 0.2) is 43.0 Å². The molecule has 124 valence electrons. The van der Waals surface area contributed by atoms with Crippen LogP contribution in [0.3, 0.4) is 0 Å². The van der Waals surface area contributed by atoms with E-state index in [2.05, 4.69) is 15.0 Å². The maximum Gasteiger partial charge on any atom is 0.195 e. The van der Waals surface area contributed by atoms with E-state index in [0.717, 1.165) is 30.6 Å². The lowest BCUT2D eigenvalue weighted by Gasteiger charge is -2.28. The van der Waals surface area contributed by atoms with Crippen LogP contribution in [0.4, 0.5) is 0 Å². The molecule has 1 aromatic carbocycles. The molecule has 0 N–H and O–H groups in total. The average Bonchev–Trinajstić information content (AvgIpc) is 3.25. The lowest BCUT2D eigenvalue weighted by molar-refractivity contribution is -0.172. The van der Waals surface area contributed by atoms with Crippen LogP contribution in [-0.4, -0.2) is 32.7 Å². The van der Waals surface area contributed by atoms with Gasteiger partial charge < -0.3 is 14.0 Å². The van der Waals surface area contributed by atoms with Gasteiger partial charge in [0.05, 0.1) is 19.5 Å². The third-order valence-electron chi connectivity index (χ3n) is 4.23. The lowest BCUT2D eigenvalue weighted by Crippen LogP contribution is -2.27. The molecule has 3 heterocycles. The van der Waals surface area contributed by atoms with Gasteiger partial charge in [-0.05, 0) is 6.42 Å². The van der Waals surface area contributed by atoms with Gasteiger partial charge in [-0.1, -0.05) is 41.9 Å². The van der Waals surface area contributed by atoms with Gasteiger partial charge in [0.15, 0.2) is 16.6 Å². The van der Waals surface area contributed by atoms with E-state index < -0.39 is 5.79 Å². The molecule has 2 aromatic heterocycles. The third kappa shape index (κ3) is 2.77. The summed E-state index contributed by atoms with van der Waals surface area (Å²) in [5, 5.41) is 0.377. The number of ether oxygens (including phenoxy) is 2. The summed E-state index contributed by atoms with van der Waals surface area (Å²) >= 11 is 6.04. The van der Waals surface area contributed by atoms with E-state index in [0.29, 0.717) is 23.9 Å². The molecule has 6 nitrogen and oxygen atoms in total. The van der Waals surface area contributed by atoms with E-state index in [1.54, 1.807) is 6.33 Å². The van der Waals surface area contributed by atoms with Gasteiger partial charge in [-0.15, -0.1) is 0 Å². The van der Waals surface area contributed by atoms with E-state index in [9.17, 15) is 0 Å². The van der Waals surface area contributed by atoms with E-state index in [4.69, 9.17) is 21.1 Å². The first-order chi connectivity index (χ1) is 11.8. The number of aryl methyl sites for hydroxylation is 1. The molecule has 1 aliphatic heterocycles. The molecule has 0 unspecified atom stereocenters. The quantitative estimate of drug-likeness (QED) is 0.665. The van der Waals surface area contributed by atoms with Crippen molar-refractivity contribution >= 4 is 22.8 Å². The highest BCUT2D eigenvalue weighted by Crippen LogP contribution is 2.36. The summed E-state index contributed by atoms with van der Waals surface area (Å²) in [7, 11) is 0. The van der Waals surface area contributed by atoms with Gasteiger partial charge in [0.25, 0.3) is 0 Å². The highest BCUT2D eigenvalue weighted by molar-refractivity contribution is 6.33. The number of rotatable bonds is 5. The molecule has 0 bridgehead atoms. The number of halogens is 1. The molecular formula is C17H17ClN4O2. The van der Waals surface area contributed by atoms with Gasteiger partial charge in [-0.3, -0.25) is 0 Å². The first-order valence-corrected chi connectivity index (χ1v) is 8.31. The maximum absolute atomic E-state index is 6.04. The van der Waals surface area contributed by atoms with Crippen LogP contribution in [0.1, 0.15) is 18.4 Å². The number of fused-ring (bicyclic) bond motifs is 1. The Labute approximate surface area is 144 Å². The highest BCUT2D eigenvalue weighted by Gasteiger charge is 2.37. The number of benzene rings is 1. The number of imidazole rings is 1. The second-order valence-corrected chi connectivity index (χ2v) is 6.05. The van der Waals surface area contributed by atoms with Crippen molar-refractivity contribution in [3.63, 3.8) is 0 Å². The van der Waals surface area contributed by atoms with Gasteiger partial charge in [0.1, 0.15) is 11.8 Å². The molecule has 0 aliphatic carbocycles. The fourth-order valence-corrected chi connectivity index (χ4v) is 3.28. The third-order valence-corrected chi connectivity index (χ3v) is 4.51.